The Labute approximate surface area is 140 Å². The predicted octanol–water partition coefficient (Wildman–Crippen LogP) is 4.26. The largest absolute Gasteiger partial charge is 0.399 e. The van der Waals surface area contributed by atoms with Gasteiger partial charge in [0.05, 0.1) is 6.04 Å². The van der Waals surface area contributed by atoms with Crippen LogP contribution in [-0.4, -0.2) is 5.91 Å². The number of amides is 1. The van der Waals surface area contributed by atoms with Crippen molar-refractivity contribution in [3.05, 3.63) is 29.3 Å². The van der Waals surface area contributed by atoms with E-state index >= 15 is 0 Å². The third kappa shape index (κ3) is 4.39. The molecule has 0 aromatic heterocycles. The summed E-state index contributed by atoms with van der Waals surface area (Å²) in [6.45, 7) is 8.39. The van der Waals surface area contributed by atoms with Gasteiger partial charge in [-0.1, -0.05) is 33.8 Å². The maximum Gasteiger partial charge on any atom is 0.226 e. The van der Waals surface area contributed by atoms with E-state index in [2.05, 4.69) is 25.2 Å². The van der Waals surface area contributed by atoms with Crippen LogP contribution in [0.5, 0.6) is 0 Å². The second-order valence-corrected chi connectivity index (χ2v) is 7.36. The van der Waals surface area contributed by atoms with Gasteiger partial charge in [0.2, 0.25) is 5.91 Å². The van der Waals surface area contributed by atoms with E-state index in [9.17, 15) is 4.79 Å². The molecule has 1 unspecified atom stereocenters. The van der Waals surface area contributed by atoms with E-state index in [1.807, 2.05) is 26.0 Å². The van der Waals surface area contributed by atoms with Crippen LogP contribution in [-0.2, 0) is 11.2 Å². The smallest absolute Gasteiger partial charge is 0.226 e. The van der Waals surface area contributed by atoms with Crippen LogP contribution in [0.1, 0.15) is 64.1 Å². The topological polar surface area (TPSA) is 55.1 Å². The molecule has 3 nitrogen and oxygen atoms in total. The second-order valence-electron chi connectivity index (χ2n) is 7.36. The van der Waals surface area contributed by atoms with Gasteiger partial charge in [0.1, 0.15) is 0 Å². The highest BCUT2D eigenvalue weighted by molar-refractivity contribution is 5.85. The predicted molar refractivity (Wildman–Crippen MR) is 95.2 cm³/mol. The van der Waals surface area contributed by atoms with Crippen LogP contribution in [0.3, 0.4) is 0 Å². The van der Waals surface area contributed by atoms with Gasteiger partial charge >= 0.3 is 0 Å². The molecule has 0 aliphatic heterocycles. The average Bonchev–Trinajstić information content (AvgIpc) is 2.37. The summed E-state index contributed by atoms with van der Waals surface area (Å²) in [5.74, 6) is 0.676. The summed E-state index contributed by atoms with van der Waals surface area (Å²) in [4.78, 5) is 12.6. The molecule has 1 aliphatic rings. The summed E-state index contributed by atoms with van der Waals surface area (Å²) in [5, 5.41) is 3.26. The Hall–Kier alpha value is -1.22. The molecular weight excluding hydrogens is 296 g/mol. The highest BCUT2D eigenvalue weighted by Crippen LogP contribution is 2.33. The van der Waals surface area contributed by atoms with Crippen molar-refractivity contribution in [1.82, 2.24) is 5.32 Å². The minimum Gasteiger partial charge on any atom is -0.399 e. The third-order valence-electron chi connectivity index (χ3n) is 4.32. The number of nitrogens with one attached hydrogen (secondary N) is 1. The van der Waals surface area contributed by atoms with E-state index in [0.717, 1.165) is 31.4 Å². The molecule has 22 heavy (non-hydrogen) atoms. The summed E-state index contributed by atoms with van der Waals surface area (Å²) in [7, 11) is 0. The zero-order chi connectivity index (χ0) is 15.6. The normalized spacial score (nSPS) is 17.6. The Morgan fingerprint density at radius 1 is 1.41 bits per heavy atom. The van der Waals surface area contributed by atoms with Gasteiger partial charge in [-0.25, -0.2) is 0 Å². The monoisotopic (exact) mass is 324 g/mol. The molecule has 0 heterocycles. The minimum atomic E-state index is -0.320. The van der Waals surface area contributed by atoms with E-state index in [-0.39, 0.29) is 29.8 Å². The molecule has 1 aromatic rings. The van der Waals surface area contributed by atoms with Crippen molar-refractivity contribution in [3.63, 3.8) is 0 Å². The fourth-order valence-corrected chi connectivity index (χ4v) is 3.45. The number of halogens is 1. The molecule has 0 fully saturated rings. The highest BCUT2D eigenvalue weighted by Gasteiger charge is 2.31. The first-order valence-electron chi connectivity index (χ1n) is 7.99. The molecule has 3 N–H and O–H groups in total. The molecule has 4 heteroatoms. The lowest BCUT2D eigenvalue weighted by molar-refractivity contribution is -0.131. The fourth-order valence-electron chi connectivity index (χ4n) is 3.45. The van der Waals surface area contributed by atoms with E-state index in [4.69, 9.17) is 5.73 Å². The number of carbonyl (C=O) groups is 1. The van der Waals surface area contributed by atoms with Crippen molar-refractivity contribution in [2.24, 2.45) is 11.3 Å². The van der Waals surface area contributed by atoms with Crippen LogP contribution in [0.25, 0.3) is 0 Å². The van der Waals surface area contributed by atoms with Crippen LogP contribution in [0, 0.1) is 11.3 Å². The fraction of sp³-hybridized carbons (Fsp3) is 0.611. The average molecular weight is 325 g/mol. The molecule has 1 atom stereocenters. The number of rotatable bonds is 4. The number of nitrogens with two attached hydrogens (primary N) is 1. The number of carbonyl (C=O) groups excluding carboxylic acids is 1. The molecule has 1 aliphatic carbocycles. The first-order chi connectivity index (χ1) is 9.79. The van der Waals surface area contributed by atoms with Gasteiger partial charge in [-0.05, 0) is 54.9 Å². The van der Waals surface area contributed by atoms with Gasteiger partial charge in [-0.15, -0.1) is 12.4 Å². The van der Waals surface area contributed by atoms with Crippen LogP contribution in [0.2, 0.25) is 0 Å². The van der Waals surface area contributed by atoms with Crippen LogP contribution < -0.4 is 11.1 Å². The lowest BCUT2D eigenvalue weighted by atomic mass is 9.81. The Bertz CT molecular complexity index is 526. The molecule has 2 rings (SSSR count). The first-order valence-corrected chi connectivity index (χ1v) is 7.99. The molecule has 0 bridgehead atoms. The number of hydrogen-bond donors (Lipinski definition) is 2. The summed E-state index contributed by atoms with van der Waals surface area (Å²) in [6.07, 6.45) is 4.08. The molecule has 0 saturated carbocycles. The van der Waals surface area contributed by atoms with Gasteiger partial charge in [0.25, 0.3) is 0 Å². The number of anilines is 1. The number of nitrogen functional groups attached to an aromatic ring is 1. The van der Waals surface area contributed by atoms with Crippen molar-refractivity contribution in [2.45, 2.75) is 59.4 Å². The number of fused-ring (bicyclic) bond motifs is 1. The van der Waals surface area contributed by atoms with E-state index < -0.39 is 0 Å². The molecule has 0 radical (unpaired) electrons. The number of hydrogen-bond acceptors (Lipinski definition) is 2. The molecule has 0 saturated heterocycles. The van der Waals surface area contributed by atoms with Crippen molar-refractivity contribution >= 4 is 24.0 Å². The zero-order valence-corrected chi connectivity index (χ0v) is 14.9. The summed E-state index contributed by atoms with van der Waals surface area (Å²) in [5.41, 5.74) is 8.88. The van der Waals surface area contributed by atoms with E-state index in [1.54, 1.807) is 0 Å². The molecule has 1 aromatic carbocycles. The van der Waals surface area contributed by atoms with Crippen molar-refractivity contribution < 1.29 is 4.79 Å². The second kappa shape index (κ2) is 7.36. The third-order valence-corrected chi connectivity index (χ3v) is 4.32. The van der Waals surface area contributed by atoms with Crippen molar-refractivity contribution in [1.29, 1.82) is 0 Å². The summed E-state index contributed by atoms with van der Waals surface area (Å²) in [6, 6.07) is 6.19. The minimum absolute atomic E-state index is 0. The summed E-state index contributed by atoms with van der Waals surface area (Å²) >= 11 is 0. The van der Waals surface area contributed by atoms with Crippen LogP contribution >= 0.6 is 12.4 Å². The number of aryl methyl sites for hydroxylation is 1. The Kier molecular flexibility index (Phi) is 6.30. The molecule has 1 amide bonds. The van der Waals surface area contributed by atoms with Gasteiger partial charge in [0, 0.05) is 11.1 Å². The number of benzene rings is 1. The summed E-state index contributed by atoms with van der Waals surface area (Å²) < 4.78 is 0. The van der Waals surface area contributed by atoms with Crippen LogP contribution in [0.4, 0.5) is 5.69 Å². The van der Waals surface area contributed by atoms with Crippen LogP contribution in [0.15, 0.2) is 18.2 Å². The van der Waals surface area contributed by atoms with Gasteiger partial charge in [-0.2, -0.15) is 0 Å². The molecular formula is C18H29ClN2O. The molecule has 124 valence electrons. The Balaban J connectivity index is 0.00000242. The first kappa shape index (κ1) is 18.8. The van der Waals surface area contributed by atoms with Gasteiger partial charge < -0.3 is 11.1 Å². The van der Waals surface area contributed by atoms with Crippen molar-refractivity contribution in [3.8, 4) is 0 Å². The maximum atomic E-state index is 12.6. The van der Waals surface area contributed by atoms with E-state index in [1.165, 1.54) is 11.1 Å². The van der Waals surface area contributed by atoms with Gasteiger partial charge in [-0.3, -0.25) is 4.79 Å². The Morgan fingerprint density at radius 3 is 2.73 bits per heavy atom. The quantitative estimate of drug-likeness (QED) is 0.813. The van der Waals surface area contributed by atoms with Gasteiger partial charge in [0.15, 0.2) is 0 Å². The maximum absolute atomic E-state index is 12.6. The standard InChI is InChI=1S/C18H28N2O.ClH/c1-12(2)11-18(3,4)17(21)20-16-7-5-6-13-10-14(19)8-9-15(13)16;/h8-10,12,16H,5-7,11,19H2,1-4H3,(H,20,21);1H. The molecule has 0 spiro atoms. The van der Waals surface area contributed by atoms with E-state index in [0.29, 0.717) is 5.92 Å². The lowest BCUT2D eigenvalue weighted by Crippen LogP contribution is -2.40. The highest BCUT2D eigenvalue weighted by atomic mass is 35.5. The SMILES string of the molecule is CC(C)CC(C)(C)C(=O)NC1CCCc2cc(N)ccc21.Cl. The Morgan fingerprint density at radius 2 is 2.09 bits per heavy atom. The zero-order valence-electron chi connectivity index (χ0n) is 14.1. The van der Waals surface area contributed by atoms with Crippen molar-refractivity contribution in [2.75, 3.05) is 5.73 Å². The lowest BCUT2D eigenvalue weighted by Gasteiger charge is -2.32.